The third-order valence-electron chi connectivity index (χ3n) is 4.93. The van der Waals surface area contributed by atoms with Gasteiger partial charge in [0.1, 0.15) is 5.60 Å². The van der Waals surface area contributed by atoms with Crippen molar-refractivity contribution in [1.29, 1.82) is 0 Å². The molecule has 8 heteroatoms. The summed E-state index contributed by atoms with van der Waals surface area (Å²) in [6.07, 6.45) is 1.08. The molecule has 1 amide bonds. The topological polar surface area (TPSA) is 84.9 Å². The van der Waals surface area contributed by atoms with Gasteiger partial charge in [0, 0.05) is 18.5 Å². The van der Waals surface area contributed by atoms with Gasteiger partial charge >= 0.3 is 6.09 Å². The molecule has 146 valence electrons. The van der Waals surface area contributed by atoms with E-state index >= 15 is 0 Å². The van der Waals surface area contributed by atoms with Gasteiger partial charge in [-0.3, -0.25) is 0 Å². The number of amides is 1. The molecule has 0 aromatic rings. The highest BCUT2D eigenvalue weighted by Gasteiger charge is 2.49. The fourth-order valence-corrected chi connectivity index (χ4v) is 4.18. The summed E-state index contributed by atoms with van der Waals surface area (Å²) in [6.45, 7) is 12.6. The minimum Gasteiger partial charge on any atom is -0.444 e. The van der Waals surface area contributed by atoms with Gasteiger partial charge < -0.3 is 14.4 Å². The molecule has 0 aromatic carbocycles. The minimum absolute atomic E-state index is 0.252. The molecule has 25 heavy (non-hydrogen) atoms. The Hall–Kier alpha value is -0.860. The van der Waals surface area contributed by atoms with Crippen LogP contribution in [0.1, 0.15) is 54.4 Å². The molecule has 2 aliphatic rings. The van der Waals surface area contributed by atoms with Gasteiger partial charge in [-0.25, -0.2) is 17.9 Å². The van der Waals surface area contributed by atoms with Gasteiger partial charge in [-0.15, -0.1) is 0 Å². The minimum atomic E-state index is -3.45. The summed E-state index contributed by atoms with van der Waals surface area (Å²) in [5.41, 5.74) is -0.773. The van der Waals surface area contributed by atoms with Crippen LogP contribution in [-0.4, -0.2) is 62.1 Å². The number of nitrogens with zero attached hydrogens (tertiary/aromatic N) is 1. The smallest absolute Gasteiger partial charge is 0.410 e. The van der Waals surface area contributed by atoms with Crippen molar-refractivity contribution in [2.24, 2.45) is 5.41 Å². The molecular weight excluding hydrogens is 344 g/mol. The van der Waals surface area contributed by atoms with Crippen molar-refractivity contribution in [3.63, 3.8) is 0 Å². The molecule has 0 saturated carbocycles. The molecule has 0 radical (unpaired) electrons. The van der Waals surface area contributed by atoms with Gasteiger partial charge in [0.15, 0.2) is 0 Å². The Bertz CT molecular complexity index is 596. The molecule has 0 aromatic heterocycles. The van der Waals surface area contributed by atoms with E-state index in [0.29, 0.717) is 39.1 Å². The number of carbonyl (C=O) groups is 1. The SMILES string of the molecule is CC(C)(C)OC(=O)N1CCC2(CC1)COC[C@H]2NS(=O)(=O)C(C)(C)C. The lowest BCUT2D eigenvalue weighted by Crippen LogP contribution is -2.55. The van der Waals surface area contributed by atoms with Crippen molar-refractivity contribution in [2.45, 2.75) is 70.8 Å². The maximum Gasteiger partial charge on any atom is 0.410 e. The second-order valence-corrected chi connectivity index (χ2v) is 11.6. The van der Waals surface area contributed by atoms with E-state index in [1.165, 1.54) is 0 Å². The number of hydrogen-bond acceptors (Lipinski definition) is 5. The van der Waals surface area contributed by atoms with Gasteiger partial charge in [0.25, 0.3) is 0 Å². The van der Waals surface area contributed by atoms with Crippen molar-refractivity contribution in [3.05, 3.63) is 0 Å². The molecule has 2 rings (SSSR count). The number of nitrogens with one attached hydrogen (secondary N) is 1. The molecule has 1 spiro atoms. The van der Waals surface area contributed by atoms with Crippen LogP contribution in [0.3, 0.4) is 0 Å². The van der Waals surface area contributed by atoms with Gasteiger partial charge in [0.05, 0.1) is 24.0 Å². The van der Waals surface area contributed by atoms with E-state index in [1.54, 1.807) is 25.7 Å². The predicted octanol–water partition coefficient (Wildman–Crippen LogP) is 2.12. The molecule has 2 fully saturated rings. The largest absolute Gasteiger partial charge is 0.444 e. The summed E-state index contributed by atoms with van der Waals surface area (Å²) < 4.78 is 38.1. The molecule has 0 unspecified atom stereocenters. The van der Waals surface area contributed by atoms with E-state index in [9.17, 15) is 13.2 Å². The quantitative estimate of drug-likeness (QED) is 0.798. The molecule has 1 atom stereocenters. The first kappa shape index (κ1) is 20.5. The zero-order chi connectivity index (χ0) is 19.1. The highest BCUT2D eigenvalue weighted by Crippen LogP contribution is 2.40. The highest BCUT2D eigenvalue weighted by molar-refractivity contribution is 7.90. The molecule has 2 aliphatic heterocycles. The van der Waals surface area contributed by atoms with E-state index in [0.717, 1.165) is 0 Å². The molecule has 7 nitrogen and oxygen atoms in total. The first-order valence-electron chi connectivity index (χ1n) is 8.83. The number of piperidine rings is 1. The van der Waals surface area contributed by atoms with Gasteiger partial charge in [-0.05, 0) is 54.4 Å². The van der Waals surface area contributed by atoms with Crippen LogP contribution in [0.2, 0.25) is 0 Å². The zero-order valence-corrected chi connectivity index (χ0v) is 17.0. The van der Waals surface area contributed by atoms with Crippen molar-refractivity contribution in [3.8, 4) is 0 Å². The highest BCUT2D eigenvalue weighted by atomic mass is 32.2. The van der Waals surface area contributed by atoms with Gasteiger partial charge in [-0.1, -0.05) is 0 Å². The molecule has 1 N–H and O–H groups in total. The number of ether oxygens (including phenoxy) is 2. The van der Waals surface area contributed by atoms with Crippen LogP contribution in [0.4, 0.5) is 4.79 Å². The van der Waals surface area contributed by atoms with Gasteiger partial charge in [-0.2, -0.15) is 0 Å². The average Bonchev–Trinajstić information content (AvgIpc) is 2.78. The number of carbonyl (C=O) groups excluding carboxylic acids is 1. The number of hydrogen-bond donors (Lipinski definition) is 1. The van der Waals surface area contributed by atoms with Gasteiger partial charge in [0.2, 0.25) is 10.0 Å². The Morgan fingerprint density at radius 3 is 2.20 bits per heavy atom. The maximum absolute atomic E-state index is 12.5. The molecule has 0 aliphatic carbocycles. The van der Waals surface area contributed by atoms with Crippen molar-refractivity contribution >= 4 is 16.1 Å². The fourth-order valence-electron chi connectivity index (χ4n) is 3.13. The van der Waals surface area contributed by atoms with Crippen molar-refractivity contribution in [1.82, 2.24) is 9.62 Å². The van der Waals surface area contributed by atoms with Crippen molar-refractivity contribution in [2.75, 3.05) is 26.3 Å². The normalized spacial score (nSPS) is 24.6. The van der Waals surface area contributed by atoms with E-state index < -0.39 is 20.4 Å². The first-order chi connectivity index (χ1) is 11.3. The standard InChI is InChI=1S/C17H32N2O5S/c1-15(2,3)24-14(20)19-9-7-17(8-10-19)12-23-11-13(17)18-25(21,22)16(4,5)6/h13,18H,7-12H2,1-6H3/t13-/m1/s1. The van der Waals surface area contributed by atoms with E-state index in [4.69, 9.17) is 9.47 Å². The van der Waals surface area contributed by atoms with E-state index in [1.807, 2.05) is 20.8 Å². The lowest BCUT2D eigenvalue weighted by atomic mass is 9.75. The van der Waals surface area contributed by atoms with Crippen LogP contribution in [-0.2, 0) is 19.5 Å². The summed E-state index contributed by atoms with van der Waals surface area (Å²) >= 11 is 0. The Kier molecular flexibility index (Phi) is 5.48. The molecular formula is C17H32N2O5S. The number of sulfonamides is 1. The first-order valence-corrected chi connectivity index (χ1v) is 10.3. The molecule has 0 bridgehead atoms. The molecule has 2 saturated heterocycles. The second kappa shape index (κ2) is 6.70. The Morgan fingerprint density at radius 2 is 1.72 bits per heavy atom. The summed E-state index contributed by atoms with van der Waals surface area (Å²) in [7, 11) is -3.45. The second-order valence-electron chi connectivity index (χ2n) is 9.13. The maximum atomic E-state index is 12.5. The molecule has 2 heterocycles. The zero-order valence-electron chi connectivity index (χ0n) is 16.2. The van der Waals surface area contributed by atoms with E-state index in [-0.39, 0.29) is 17.6 Å². The predicted molar refractivity (Wildman–Crippen MR) is 95.9 cm³/mol. The van der Waals surface area contributed by atoms with Crippen LogP contribution in [0.5, 0.6) is 0 Å². The fraction of sp³-hybridized carbons (Fsp3) is 0.941. The summed E-state index contributed by atoms with van der Waals surface area (Å²) in [6, 6.07) is -0.252. The van der Waals surface area contributed by atoms with E-state index in [2.05, 4.69) is 4.72 Å². The summed E-state index contributed by atoms with van der Waals surface area (Å²) in [5, 5.41) is 0. The number of rotatable bonds is 2. The number of likely N-dealkylation sites (tertiary alicyclic amines) is 1. The van der Waals surface area contributed by atoms with Crippen LogP contribution in [0.25, 0.3) is 0 Å². The van der Waals surface area contributed by atoms with Crippen molar-refractivity contribution < 1.29 is 22.7 Å². The average molecular weight is 377 g/mol. The summed E-state index contributed by atoms with van der Waals surface area (Å²) in [4.78, 5) is 13.9. The third kappa shape index (κ3) is 4.65. The van der Waals surface area contributed by atoms with Crippen LogP contribution >= 0.6 is 0 Å². The van der Waals surface area contributed by atoms with Crippen LogP contribution in [0, 0.1) is 5.41 Å². The third-order valence-corrected chi connectivity index (χ3v) is 7.13. The Labute approximate surface area is 151 Å². The lowest BCUT2D eigenvalue weighted by molar-refractivity contribution is 0.00662. The summed E-state index contributed by atoms with van der Waals surface area (Å²) in [5.74, 6) is 0. The lowest BCUT2D eigenvalue weighted by Gasteiger charge is -2.42. The Balaban J connectivity index is 2.02. The monoisotopic (exact) mass is 376 g/mol. The Morgan fingerprint density at radius 1 is 1.16 bits per heavy atom. The van der Waals surface area contributed by atoms with Crippen LogP contribution < -0.4 is 4.72 Å². The van der Waals surface area contributed by atoms with Crippen LogP contribution in [0.15, 0.2) is 0 Å².